The number of aldehydes is 1. The average molecular weight is 207 g/mol. The Labute approximate surface area is 88.1 Å². The molecule has 0 saturated heterocycles. The molecule has 1 aromatic carbocycles. The maximum absolute atomic E-state index is 10.8. The Kier molecular flexibility index (Phi) is 2.88. The van der Waals surface area contributed by atoms with Crippen LogP contribution < -0.4 is 0 Å². The first-order chi connectivity index (χ1) is 6.86. The van der Waals surface area contributed by atoms with Crippen LogP contribution in [0.4, 0.5) is 5.69 Å². The van der Waals surface area contributed by atoms with Crippen LogP contribution in [0.5, 0.6) is 0 Å². The predicted molar refractivity (Wildman–Crippen MR) is 57.2 cm³/mol. The summed E-state index contributed by atoms with van der Waals surface area (Å²) in [5.41, 5.74) is 0.670. The molecule has 0 fully saturated rings. The average Bonchev–Trinajstić information content (AvgIpc) is 2.15. The van der Waals surface area contributed by atoms with E-state index >= 15 is 0 Å². The van der Waals surface area contributed by atoms with E-state index < -0.39 is 4.92 Å². The Morgan fingerprint density at radius 2 is 1.93 bits per heavy atom. The standard InChI is InChI=1S/C11H13NO3/c1-11(2,3)9-5-4-8(7-13)6-10(9)12(14)15/h4-7H,1-3H3. The summed E-state index contributed by atoms with van der Waals surface area (Å²) in [4.78, 5) is 20.9. The molecule has 0 aliphatic carbocycles. The van der Waals surface area contributed by atoms with E-state index in [1.165, 1.54) is 6.07 Å². The van der Waals surface area contributed by atoms with Gasteiger partial charge in [-0.3, -0.25) is 14.9 Å². The van der Waals surface area contributed by atoms with Crippen molar-refractivity contribution in [1.29, 1.82) is 0 Å². The van der Waals surface area contributed by atoms with Gasteiger partial charge in [0.1, 0.15) is 6.29 Å². The van der Waals surface area contributed by atoms with E-state index in [1.807, 2.05) is 20.8 Å². The Hall–Kier alpha value is -1.71. The van der Waals surface area contributed by atoms with Gasteiger partial charge < -0.3 is 0 Å². The first kappa shape index (κ1) is 11.4. The number of nitro benzene ring substituents is 1. The quantitative estimate of drug-likeness (QED) is 0.425. The predicted octanol–water partition coefficient (Wildman–Crippen LogP) is 2.70. The highest BCUT2D eigenvalue weighted by Crippen LogP contribution is 2.31. The van der Waals surface area contributed by atoms with Crippen molar-refractivity contribution in [2.75, 3.05) is 0 Å². The topological polar surface area (TPSA) is 60.2 Å². The first-order valence-corrected chi connectivity index (χ1v) is 4.60. The molecule has 4 heteroatoms. The molecule has 0 radical (unpaired) electrons. The molecule has 0 unspecified atom stereocenters. The summed E-state index contributed by atoms with van der Waals surface area (Å²) in [5, 5.41) is 10.8. The monoisotopic (exact) mass is 207 g/mol. The zero-order valence-corrected chi connectivity index (χ0v) is 8.98. The van der Waals surface area contributed by atoms with E-state index in [0.717, 1.165) is 0 Å². The maximum atomic E-state index is 10.8. The van der Waals surface area contributed by atoms with Crippen LogP contribution in [0.2, 0.25) is 0 Å². The van der Waals surface area contributed by atoms with Crippen LogP contribution in [0.3, 0.4) is 0 Å². The number of hydrogen-bond donors (Lipinski definition) is 0. The number of rotatable bonds is 2. The Morgan fingerprint density at radius 3 is 2.33 bits per heavy atom. The van der Waals surface area contributed by atoms with E-state index in [2.05, 4.69) is 0 Å². The molecule has 0 aliphatic heterocycles. The number of carbonyl (C=O) groups excluding carboxylic acids is 1. The molecule has 1 rings (SSSR count). The molecule has 0 spiro atoms. The van der Waals surface area contributed by atoms with Crippen LogP contribution in [-0.4, -0.2) is 11.2 Å². The maximum Gasteiger partial charge on any atom is 0.273 e. The van der Waals surface area contributed by atoms with Crippen molar-refractivity contribution in [2.45, 2.75) is 26.2 Å². The fraction of sp³-hybridized carbons (Fsp3) is 0.364. The van der Waals surface area contributed by atoms with Crippen molar-refractivity contribution in [3.8, 4) is 0 Å². The van der Waals surface area contributed by atoms with Crippen LogP contribution >= 0.6 is 0 Å². The number of nitro groups is 1. The van der Waals surface area contributed by atoms with Gasteiger partial charge in [0, 0.05) is 17.2 Å². The van der Waals surface area contributed by atoms with Gasteiger partial charge in [0.15, 0.2) is 0 Å². The molecule has 0 aliphatic rings. The van der Waals surface area contributed by atoms with E-state index in [0.29, 0.717) is 17.4 Å². The van der Waals surface area contributed by atoms with E-state index in [-0.39, 0.29) is 11.1 Å². The lowest BCUT2D eigenvalue weighted by atomic mass is 9.85. The molecule has 15 heavy (non-hydrogen) atoms. The fourth-order valence-electron chi connectivity index (χ4n) is 1.41. The lowest BCUT2D eigenvalue weighted by molar-refractivity contribution is -0.386. The first-order valence-electron chi connectivity index (χ1n) is 4.60. The molecule has 0 atom stereocenters. The smallest absolute Gasteiger partial charge is 0.273 e. The zero-order chi connectivity index (χ0) is 11.6. The molecular formula is C11H13NO3. The molecule has 0 saturated carbocycles. The normalized spacial score (nSPS) is 11.1. The van der Waals surface area contributed by atoms with Crippen molar-refractivity contribution < 1.29 is 9.72 Å². The lowest BCUT2D eigenvalue weighted by Crippen LogP contribution is -2.14. The summed E-state index contributed by atoms with van der Waals surface area (Å²) in [5.74, 6) is 0. The minimum absolute atomic E-state index is 0.00657. The van der Waals surface area contributed by atoms with E-state index in [1.54, 1.807) is 12.1 Å². The fourth-order valence-corrected chi connectivity index (χ4v) is 1.41. The number of nitrogens with zero attached hydrogens (tertiary/aromatic N) is 1. The highest BCUT2D eigenvalue weighted by molar-refractivity contribution is 5.76. The highest BCUT2D eigenvalue weighted by atomic mass is 16.6. The summed E-state index contributed by atoms with van der Waals surface area (Å²) < 4.78 is 0. The summed E-state index contributed by atoms with van der Waals surface area (Å²) in [6.07, 6.45) is 0.611. The van der Waals surface area contributed by atoms with Gasteiger partial charge in [0.05, 0.1) is 4.92 Å². The van der Waals surface area contributed by atoms with Gasteiger partial charge in [0.25, 0.3) is 5.69 Å². The molecule has 0 N–H and O–H groups in total. The van der Waals surface area contributed by atoms with Crippen molar-refractivity contribution >= 4 is 12.0 Å². The molecule has 0 heterocycles. The lowest BCUT2D eigenvalue weighted by Gasteiger charge is -2.18. The van der Waals surface area contributed by atoms with Crippen molar-refractivity contribution in [3.63, 3.8) is 0 Å². The third kappa shape index (κ3) is 2.40. The number of hydrogen-bond acceptors (Lipinski definition) is 3. The third-order valence-corrected chi connectivity index (χ3v) is 2.16. The number of benzene rings is 1. The van der Waals surface area contributed by atoms with Crippen LogP contribution in [0.1, 0.15) is 36.7 Å². The van der Waals surface area contributed by atoms with E-state index in [9.17, 15) is 14.9 Å². The highest BCUT2D eigenvalue weighted by Gasteiger charge is 2.24. The van der Waals surface area contributed by atoms with Crippen LogP contribution in [0.15, 0.2) is 18.2 Å². The molecular weight excluding hydrogens is 194 g/mol. The van der Waals surface area contributed by atoms with Gasteiger partial charge in [-0.05, 0) is 5.41 Å². The number of carbonyl (C=O) groups is 1. The zero-order valence-electron chi connectivity index (χ0n) is 8.98. The molecule has 0 amide bonds. The second-order valence-electron chi connectivity index (χ2n) is 4.40. The van der Waals surface area contributed by atoms with Gasteiger partial charge in [-0.25, -0.2) is 0 Å². The SMILES string of the molecule is CC(C)(C)c1ccc(C=O)cc1[N+](=O)[O-]. The van der Waals surface area contributed by atoms with Gasteiger partial charge in [0.2, 0.25) is 0 Å². The summed E-state index contributed by atoms with van der Waals surface area (Å²) in [6.45, 7) is 5.70. The van der Waals surface area contributed by atoms with Gasteiger partial charge in [-0.15, -0.1) is 0 Å². The second-order valence-corrected chi connectivity index (χ2v) is 4.40. The minimum Gasteiger partial charge on any atom is -0.298 e. The van der Waals surface area contributed by atoms with Crippen LogP contribution in [0, 0.1) is 10.1 Å². The third-order valence-electron chi connectivity index (χ3n) is 2.16. The van der Waals surface area contributed by atoms with E-state index in [4.69, 9.17) is 0 Å². The van der Waals surface area contributed by atoms with Crippen LogP contribution in [0.25, 0.3) is 0 Å². The second kappa shape index (κ2) is 3.81. The van der Waals surface area contributed by atoms with Gasteiger partial charge in [-0.1, -0.05) is 32.9 Å². The molecule has 1 aromatic rings. The van der Waals surface area contributed by atoms with Crippen molar-refractivity contribution in [3.05, 3.63) is 39.4 Å². The van der Waals surface area contributed by atoms with Crippen molar-refractivity contribution in [2.24, 2.45) is 0 Å². The Balaban J connectivity index is 3.40. The minimum atomic E-state index is -0.451. The van der Waals surface area contributed by atoms with Crippen LogP contribution in [-0.2, 0) is 5.41 Å². The Morgan fingerprint density at radius 1 is 1.33 bits per heavy atom. The summed E-state index contributed by atoms with van der Waals surface area (Å²) >= 11 is 0. The van der Waals surface area contributed by atoms with Gasteiger partial charge >= 0.3 is 0 Å². The summed E-state index contributed by atoms with van der Waals surface area (Å²) in [7, 11) is 0. The molecule has 0 bridgehead atoms. The molecule has 0 aromatic heterocycles. The van der Waals surface area contributed by atoms with Crippen molar-refractivity contribution in [1.82, 2.24) is 0 Å². The largest absolute Gasteiger partial charge is 0.298 e. The Bertz CT molecular complexity index is 405. The molecule has 80 valence electrons. The summed E-state index contributed by atoms with van der Waals surface area (Å²) in [6, 6.07) is 4.55. The molecule has 4 nitrogen and oxygen atoms in total. The van der Waals surface area contributed by atoms with Gasteiger partial charge in [-0.2, -0.15) is 0 Å².